The summed E-state index contributed by atoms with van der Waals surface area (Å²) in [5.41, 5.74) is 5.27. The van der Waals surface area contributed by atoms with Crippen molar-refractivity contribution in [1.29, 1.82) is 0 Å². The maximum Gasteiger partial charge on any atom is 0.220 e. The lowest BCUT2D eigenvalue weighted by molar-refractivity contribution is -0.124. The van der Waals surface area contributed by atoms with Gasteiger partial charge in [0.25, 0.3) is 0 Å². The molecule has 0 radical (unpaired) electrons. The van der Waals surface area contributed by atoms with Crippen LogP contribution in [0.15, 0.2) is 0 Å². The highest BCUT2D eigenvalue weighted by Gasteiger charge is 2.26. The molecule has 1 amide bonds. The summed E-state index contributed by atoms with van der Waals surface area (Å²) in [6, 6.07) is 0. The quantitative estimate of drug-likeness (QED) is 0.721. The predicted octanol–water partition coefficient (Wildman–Crippen LogP) is 0.566. The molecule has 1 rings (SSSR count). The predicted molar refractivity (Wildman–Crippen MR) is 54.6 cm³/mol. The van der Waals surface area contributed by atoms with Crippen LogP contribution in [0.4, 0.5) is 0 Å². The number of carbonyl (C=O) groups excluding carboxylic acids is 1. The fourth-order valence-corrected chi connectivity index (χ4v) is 2.05. The Hall–Kier alpha value is -0.610. The fourth-order valence-electron chi connectivity index (χ4n) is 2.05. The third kappa shape index (κ3) is 2.69. The molecule has 0 aromatic rings. The topological polar surface area (TPSA) is 55.6 Å². The highest BCUT2D eigenvalue weighted by molar-refractivity contribution is 5.76. The van der Waals surface area contributed by atoms with E-state index in [0.717, 1.165) is 32.4 Å². The normalized spacial score (nSPS) is 22.1. The number of carbonyl (C=O) groups is 1. The molecule has 0 saturated carbocycles. The molecule has 1 heterocycles. The maximum atomic E-state index is 10.9. The Labute approximate surface area is 85.4 Å². The summed E-state index contributed by atoms with van der Waals surface area (Å²) in [6.45, 7) is 3.94. The molecular weight excluding hydrogens is 180 g/mol. The molecule has 4 heteroatoms. The van der Waals surface area contributed by atoms with Gasteiger partial charge in [-0.15, -0.1) is 0 Å². The summed E-state index contributed by atoms with van der Waals surface area (Å²) in [7, 11) is 1.73. The van der Waals surface area contributed by atoms with Gasteiger partial charge in [0.05, 0.1) is 0 Å². The maximum absolute atomic E-state index is 10.9. The third-order valence-corrected chi connectivity index (χ3v) is 2.96. The fraction of sp³-hybridized carbons (Fsp3) is 0.900. The van der Waals surface area contributed by atoms with Gasteiger partial charge in [0.1, 0.15) is 6.23 Å². The van der Waals surface area contributed by atoms with Crippen LogP contribution in [0, 0.1) is 5.92 Å². The molecule has 4 nitrogen and oxygen atoms in total. The first kappa shape index (κ1) is 11.5. The summed E-state index contributed by atoms with van der Waals surface area (Å²) in [4.78, 5) is 13.2. The zero-order chi connectivity index (χ0) is 10.6. The molecule has 0 spiro atoms. The van der Waals surface area contributed by atoms with Crippen molar-refractivity contribution < 1.29 is 9.53 Å². The van der Waals surface area contributed by atoms with Gasteiger partial charge in [0.15, 0.2) is 0 Å². The minimum atomic E-state index is -0.157. The summed E-state index contributed by atoms with van der Waals surface area (Å²) in [5.74, 6) is -0.0873. The molecule has 1 aliphatic heterocycles. The molecule has 1 aliphatic rings. The van der Waals surface area contributed by atoms with E-state index in [1.165, 1.54) is 0 Å². The van der Waals surface area contributed by atoms with Gasteiger partial charge in [-0.05, 0) is 19.3 Å². The van der Waals surface area contributed by atoms with E-state index in [2.05, 4.69) is 11.8 Å². The Morgan fingerprint density at radius 3 is 2.50 bits per heavy atom. The number of methoxy groups -OCH3 is 1. The van der Waals surface area contributed by atoms with E-state index < -0.39 is 0 Å². The van der Waals surface area contributed by atoms with E-state index in [9.17, 15) is 4.79 Å². The van der Waals surface area contributed by atoms with Gasteiger partial charge >= 0.3 is 0 Å². The van der Waals surface area contributed by atoms with Crippen molar-refractivity contribution in [3.63, 3.8) is 0 Å². The van der Waals surface area contributed by atoms with E-state index in [-0.39, 0.29) is 18.1 Å². The Morgan fingerprint density at radius 2 is 2.14 bits per heavy atom. The lowest BCUT2D eigenvalue weighted by Crippen LogP contribution is -2.44. The first-order valence-corrected chi connectivity index (χ1v) is 5.25. The number of nitrogens with two attached hydrogens (primary N) is 1. The molecule has 0 bridgehead atoms. The first-order valence-electron chi connectivity index (χ1n) is 5.25. The van der Waals surface area contributed by atoms with Crippen LogP contribution in [0.1, 0.15) is 26.2 Å². The van der Waals surface area contributed by atoms with Crippen molar-refractivity contribution in [2.24, 2.45) is 11.7 Å². The third-order valence-electron chi connectivity index (χ3n) is 2.96. The Kier molecular flexibility index (Phi) is 4.35. The average molecular weight is 200 g/mol. The lowest BCUT2D eigenvalue weighted by Gasteiger charge is -2.35. The molecule has 1 saturated heterocycles. The summed E-state index contributed by atoms with van der Waals surface area (Å²) < 4.78 is 5.34. The van der Waals surface area contributed by atoms with Gasteiger partial charge in [-0.3, -0.25) is 9.69 Å². The standard InChI is InChI=1S/C10H20N2O2/c1-3-9(14-2)12-6-4-8(5-7-12)10(11)13/h8-9H,3-7H2,1-2H3,(H2,11,13). The zero-order valence-corrected chi connectivity index (χ0v) is 9.03. The second-order valence-electron chi connectivity index (χ2n) is 3.81. The van der Waals surface area contributed by atoms with Gasteiger partial charge < -0.3 is 10.5 Å². The van der Waals surface area contributed by atoms with Crippen molar-refractivity contribution in [3.8, 4) is 0 Å². The molecule has 2 N–H and O–H groups in total. The highest BCUT2D eigenvalue weighted by Crippen LogP contribution is 2.19. The number of nitrogens with zero attached hydrogens (tertiary/aromatic N) is 1. The van der Waals surface area contributed by atoms with Gasteiger partial charge in [0.2, 0.25) is 5.91 Å². The van der Waals surface area contributed by atoms with Crippen LogP contribution in [0.25, 0.3) is 0 Å². The molecule has 1 fully saturated rings. The second kappa shape index (κ2) is 5.32. The Morgan fingerprint density at radius 1 is 1.57 bits per heavy atom. The van der Waals surface area contributed by atoms with Crippen LogP contribution in [0.5, 0.6) is 0 Å². The van der Waals surface area contributed by atoms with Gasteiger partial charge in [-0.2, -0.15) is 0 Å². The van der Waals surface area contributed by atoms with Crippen LogP contribution in [0.3, 0.4) is 0 Å². The summed E-state index contributed by atoms with van der Waals surface area (Å²) in [5, 5.41) is 0. The average Bonchev–Trinajstić information content (AvgIpc) is 2.20. The minimum absolute atomic E-state index is 0.0700. The number of amides is 1. The van der Waals surface area contributed by atoms with Crippen LogP contribution in [0.2, 0.25) is 0 Å². The van der Waals surface area contributed by atoms with Crippen LogP contribution in [-0.4, -0.2) is 37.2 Å². The van der Waals surface area contributed by atoms with Gasteiger partial charge in [-0.25, -0.2) is 0 Å². The Balaban J connectivity index is 2.38. The molecule has 0 aromatic heterocycles. The van der Waals surface area contributed by atoms with E-state index in [1.807, 2.05) is 0 Å². The lowest BCUT2D eigenvalue weighted by atomic mass is 9.96. The van der Waals surface area contributed by atoms with Gasteiger partial charge in [-0.1, -0.05) is 6.92 Å². The first-order chi connectivity index (χ1) is 6.69. The largest absolute Gasteiger partial charge is 0.369 e. The van der Waals surface area contributed by atoms with E-state index in [0.29, 0.717) is 0 Å². The number of likely N-dealkylation sites (tertiary alicyclic amines) is 1. The van der Waals surface area contributed by atoms with Crippen molar-refractivity contribution in [2.45, 2.75) is 32.4 Å². The van der Waals surface area contributed by atoms with Crippen LogP contribution >= 0.6 is 0 Å². The number of hydrogen-bond donors (Lipinski definition) is 1. The molecule has 0 aliphatic carbocycles. The van der Waals surface area contributed by atoms with Crippen LogP contribution in [-0.2, 0) is 9.53 Å². The van der Waals surface area contributed by atoms with Crippen molar-refractivity contribution in [3.05, 3.63) is 0 Å². The minimum Gasteiger partial charge on any atom is -0.369 e. The molecule has 1 atom stereocenters. The Bertz CT molecular complexity index is 185. The van der Waals surface area contributed by atoms with Crippen molar-refractivity contribution in [1.82, 2.24) is 4.90 Å². The monoisotopic (exact) mass is 200 g/mol. The summed E-state index contributed by atoms with van der Waals surface area (Å²) in [6.07, 6.45) is 2.92. The number of rotatable bonds is 4. The number of ether oxygens (including phenoxy) is 1. The SMILES string of the molecule is CCC(OC)N1CCC(C(N)=O)CC1. The highest BCUT2D eigenvalue weighted by atomic mass is 16.5. The van der Waals surface area contributed by atoms with Crippen molar-refractivity contribution >= 4 is 5.91 Å². The number of piperidine rings is 1. The smallest absolute Gasteiger partial charge is 0.220 e. The van der Waals surface area contributed by atoms with Crippen LogP contribution < -0.4 is 5.73 Å². The molecule has 82 valence electrons. The number of hydrogen-bond acceptors (Lipinski definition) is 3. The van der Waals surface area contributed by atoms with E-state index in [4.69, 9.17) is 10.5 Å². The van der Waals surface area contributed by atoms with Crippen molar-refractivity contribution in [2.75, 3.05) is 20.2 Å². The molecule has 14 heavy (non-hydrogen) atoms. The van der Waals surface area contributed by atoms with E-state index >= 15 is 0 Å². The summed E-state index contributed by atoms with van der Waals surface area (Å²) >= 11 is 0. The number of primary amides is 1. The molecular formula is C10H20N2O2. The second-order valence-corrected chi connectivity index (χ2v) is 3.81. The molecule has 1 unspecified atom stereocenters. The molecule has 0 aromatic carbocycles. The van der Waals surface area contributed by atoms with E-state index in [1.54, 1.807) is 7.11 Å². The van der Waals surface area contributed by atoms with Gasteiger partial charge in [0, 0.05) is 26.1 Å². The zero-order valence-electron chi connectivity index (χ0n) is 9.03.